The van der Waals surface area contributed by atoms with Crippen molar-refractivity contribution in [3.8, 4) is 0 Å². The van der Waals surface area contributed by atoms with E-state index in [1.54, 1.807) is 12.1 Å². The Morgan fingerprint density at radius 2 is 1.65 bits per heavy atom. The Morgan fingerprint density at radius 1 is 1.04 bits per heavy atom. The second-order valence-corrected chi connectivity index (χ2v) is 5.32. The molecule has 6 heteroatoms. The molecule has 0 bridgehead atoms. The minimum absolute atomic E-state index is 0.115. The summed E-state index contributed by atoms with van der Waals surface area (Å²) in [6, 6.07) is 10.6. The molecule has 2 aromatic carbocycles. The van der Waals surface area contributed by atoms with Crippen molar-refractivity contribution in [3.63, 3.8) is 0 Å². The summed E-state index contributed by atoms with van der Waals surface area (Å²) in [6.07, 6.45) is -4.46. The van der Waals surface area contributed by atoms with Gasteiger partial charge in [0.2, 0.25) is 5.91 Å². The maximum absolute atomic E-state index is 12.9. The maximum Gasteiger partial charge on any atom is 0.418 e. The second-order valence-electron chi connectivity index (χ2n) is 5.32. The number of hydrogen-bond acceptors (Lipinski definition) is 2. The molecule has 23 heavy (non-hydrogen) atoms. The molecule has 1 amide bonds. The van der Waals surface area contributed by atoms with Crippen molar-refractivity contribution in [2.45, 2.75) is 20.0 Å². The van der Waals surface area contributed by atoms with Gasteiger partial charge in [-0.1, -0.05) is 18.2 Å². The van der Waals surface area contributed by atoms with Crippen molar-refractivity contribution >= 4 is 17.3 Å². The van der Waals surface area contributed by atoms with Crippen molar-refractivity contribution in [1.82, 2.24) is 0 Å². The molecule has 0 fully saturated rings. The molecule has 0 aliphatic heterocycles. The number of aryl methyl sites for hydroxylation is 2. The molecule has 3 nitrogen and oxygen atoms in total. The van der Waals surface area contributed by atoms with Crippen LogP contribution in [-0.2, 0) is 11.0 Å². The monoisotopic (exact) mass is 322 g/mol. The Balaban J connectivity index is 2.03. The number of hydrogen-bond donors (Lipinski definition) is 2. The van der Waals surface area contributed by atoms with Gasteiger partial charge in [-0.15, -0.1) is 0 Å². The highest BCUT2D eigenvalue weighted by Gasteiger charge is 2.33. The Bertz CT molecular complexity index is 691. The predicted molar refractivity (Wildman–Crippen MR) is 84.5 cm³/mol. The summed E-state index contributed by atoms with van der Waals surface area (Å²) in [6.45, 7) is 3.56. The van der Waals surface area contributed by atoms with Gasteiger partial charge in [0.25, 0.3) is 0 Å². The quantitative estimate of drug-likeness (QED) is 0.877. The number of anilines is 2. The van der Waals surface area contributed by atoms with Crippen molar-refractivity contribution in [2.24, 2.45) is 0 Å². The van der Waals surface area contributed by atoms with Crippen LogP contribution >= 0.6 is 0 Å². The number of nitrogens with one attached hydrogen (secondary N) is 2. The molecule has 0 saturated heterocycles. The van der Waals surface area contributed by atoms with Gasteiger partial charge in [-0.2, -0.15) is 13.2 Å². The van der Waals surface area contributed by atoms with Crippen LogP contribution in [0.25, 0.3) is 0 Å². The van der Waals surface area contributed by atoms with Crippen LogP contribution in [0.1, 0.15) is 16.7 Å². The summed E-state index contributed by atoms with van der Waals surface area (Å²) in [5.74, 6) is -0.410. The molecule has 0 aliphatic rings. The number of para-hydroxylation sites is 1. The molecule has 0 saturated carbocycles. The third-order valence-corrected chi connectivity index (χ3v) is 3.18. The number of rotatable bonds is 4. The molecule has 0 heterocycles. The van der Waals surface area contributed by atoms with Gasteiger partial charge in [0.15, 0.2) is 0 Å². The molecule has 0 spiro atoms. The van der Waals surface area contributed by atoms with Crippen molar-refractivity contribution in [1.29, 1.82) is 0 Å². The number of halogens is 3. The third kappa shape index (κ3) is 4.74. The Morgan fingerprint density at radius 3 is 2.26 bits per heavy atom. The van der Waals surface area contributed by atoms with Gasteiger partial charge < -0.3 is 10.6 Å². The topological polar surface area (TPSA) is 41.1 Å². The summed E-state index contributed by atoms with van der Waals surface area (Å²) in [7, 11) is 0. The maximum atomic E-state index is 12.9. The molecular weight excluding hydrogens is 305 g/mol. The second kappa shape index (κ2) is 6.73. The molecule has 0 unspecified atom stereocenters. The zero-order valence-electron chi connectivity index (χ0n) is 12.8. The molecule has 122 valence electrons. The SMILES string of the molecule is Cc1cc(C)cc(NC(=O)CNc2ccccc2C(F)(F)F)c1. The summed E-state index contributed by atoms with van der Waals surface area (Å²) < 4.78 is 38.6. The minimum Gasteiger partial charge on any atom is -0.376 e. The molecule has 0 radical (unpaired) electrons. The van der Waals surface area contributed by atoms with Crippen LogP contribution in [0.4, 0.5) is 24.5 Å². The largest absolute Gasteiger partial charge is 0.418 e. The molecule has 2 N–H and O–H groups in total. The lowest BCUT2D eigenvalue weighted by Gasteiger charge is -2.14. The van der Waals surface area contributed by atoms with Gasteiger partial charge in [0.05, 0.1) is 12.1 Å². The van der Waals surface area contributed by atoms with Gasteiger partial charge in [0.1, 0.15) is 0 Å². The Kier molecular flexibility index (Phi) is 4.93. The highest BCUT2D eigenvalue weighted by atomic mass is 19.4. The normalized spacial score (nSPS) is 11.2. The number of carbonyl (C=O) groups excluding carboxylic acids is 1. The van der Waals surface area contributed by atoms with Crippen LogP contribution in [0.3, 0.4) is 0 Å². The third-order valence-electron chi connectivity index (χ3n) is 3.18. The lowest BCUT2D eigenvalue weighted by atomic mass is 10.1. The predicted octanol–water partition coefficient (Wildman–Crippen LogP) is 4.37. The van der Waals surface area contributed by atoms with Crippen molar-refractivity contribution in [2.75, 3.05) is 17.2 Å². The lowest BCUT2D eigenvalue weighted by molar-refractivity contribution is -0.137. The first-order chi connectivity index (χ1) is 10.8. The summed E-state index contributed by atoms with van der Waals surface area (Å²) in [5.41, 5.74) is 1.71. The number of amides is 1. The van der Waals surface area contributed by atoms with Gasteiger partial charge >= 0.3 is 6.18 Å². The Labute approximate surface area is 132 Å². The van der Waals surface area contributed by atoms with Gasteiger partial charge in [-0.3, -0.25) is 4.79 Å². The number of benzene rings is 2. The first-order valence-corrected chi connectivity index (χ1v) is 7.04. The molecule has 2 aromatic rings. The molecular formula is C17H17F3N2O. The zero-order valence-corrected chi connectivity index (χ0v) is 12.8. The van der Waals surface area contributed by atoms with Crippen LogP contribution < -0.4 is 10.6 Å². The van der Waals surface area contributed by atoms with E-state index in [0.29, 0.717) is 5.69 Å². The van der Waals surface area contributed by atoms with E-state index < -0.39 is 17.6 Å². The van der Waals surface area contributed by atoms with Crippen molar-refractivity contribution in [3.05, 3.63) is 59.2 Å². The molecule has 2 rings (SSSR count). The van der Waals surface area contributed by atoms with Crippen LogP contribution in [0.2, 0.25) is 0 Å². The summed E-state index contributed by atoms with van der Waals surface area (Å²) in [4.78, 5) is 11.9. The standard InChI is InChI=1S/C17H17F3N2O/c1-11-7-12(2)9-13(8-11)22-16(23)10-21-15-6-4-3-5-14(15)17(18,19)20/h3-9,21H,10H2,1-2H3,(H,22,23). The fourth-order valence-electron chi connectivity index (χ4n) is 2.31. The highest BCUT2D eigenvalue weighted by molar-refractivity contribution is 5.94. The van der Waals surface area contributed by atoms with Gasteiger partial charge in [-0.05, 0) is 49.2 Å². The number of carbonyl (C=O) groups is 1. The van der Waals surface area contributed by atoms with Gasteiger partial charge in [-0.25, -0.2) is 0 Å². The van der Waals surface area contributed by atoms with Crippen LogP contribution in [0, 0.1) is 13.8 Å². The zero-order chi connectivity index (χ0) is 17.0. The summed E-state index contributed by atoms with van der Waals surface area (Å²) in [5, 5.41) is 5.21. The van der Waals surface area contributed by atoms with Crippen LogP contribution in [0.5, 0.6) is 0 Å². The fourth-order valence-corrected chi connectivity index (χ4v) is 2.31. The van der Waals surface area contributed by atoms with E-state index in [9.17, 15) is 18.0 Å². The van der Waals surface area contributed by atoms with E-state index in [4.69, 9.17) is 0 Å². The molecule has 0 atom stereocenters. The van der Waals surface area contributed by atoms with Crippen molar-refractivity contribution < 1.29 is 18.0 Å². The fraction of sp³-hybridized carbons (Fsp3) is 0.235. The molecule has 0 aromatic heterocycles. The van der Waals surface area contributed by atoms with Gasteiger partial charge in [0, 0.05) is 11.4 Å². The average molecular weight is 322 g/mol. The van der Waals surface area contributed by atoms with E-state index in [0.717, 1.165) is 17.2 Å². The van der Waals surface area contributed by atoms with E-state index in [-0.39, 0.29) is 12.2 Å². The average Bonchev–Trinajstić information content (AvgIpc) is 2.43. The van der Waals surface area contributed by atoms with E-state index in [1.807, 2.05) is 19.9 Å². The van der Waals surface area contributed by atoms with E-state index in [1.165, 1.54) is 18.2 Å². The first kappa shape index (κ1) is 16.9. The first-order valence-electron chi connectivity index (χ1n) is 7.04. The molecule has 0 aliphatic carbocycles. The van der Waals surface area contributed by atoms with Crippen LogP contribution in [0.15, 0.2) is 42.5 Å². The number of alkyl halides is 3. The Hall–Kier alpha value is -2.50. The minimum atomic E-state index is -4.46. The summed E-state index contributed by atoms with van der Waals surface area (Å²) >= 11 is 0. The smallest absolute Gasteiger partial charge is 0.376 e. The van der Waals surface area contributed by atoms with Crippen LogP contribution in [-0.4, -0.2) is 12.5 Å². The lowest BCUT2D eigenvalue weighted by Crippen LogP contribution is -2.23. The highest BCUT2D eigenvalue weighted by Crippen LogP contribution is 2.34. The van der Waals surface area contributed by atoms with E-state index in [2.05, 4.69) is 10.6 Å². The van der Waals surface area contributed by atoms with E-state index >= 15 is 0 Å².